The molecular formula is C68H127O11P. The number of rotatable bonds is 64. The van der Waals surface area contributed by atoms with Gasteiger partial charge in [-0.05, 0) is 77.0 Å². The zero-order valence-electron chi connectivity index (χ0n) is 52.3. The maximum absolute atomic E-state index is 13.0. The molecule has 0 aromatic heterocycles. The van der Waals surface area contributed by atoms with E-state index >= 15 is 0 Å². The summed E-state index contributed by atoms with van der Waals surface area (Å²) in [6.07, 6.45) is 68.0. The number of phosphoric acid groups is 1. The van der Waals surface area contributed by atoms with E-state index in [4.69, 9.17) is 23.3 Å². The largest absolute Gasteiger partial charge is 0.472 e. The van der Waals surface area contributed by atoms with Crippen molar-refractivity contribution in [2.24, 2.45) is 0 Å². The zero-order chi connectivity index (χ0) is 58.3. The standard InChI is InChI=1S/C68H127O11P/c1-4-7-10-13-16-19-22-25-28-30-32-34-37-39-42-45-48-51-54-57-66(70)75-61-65(79-68(72)59-56-53-50-47-44-41-38-35-33-31-29-26-23-20-17-14-11-8-5-2)63-77-80(73,74)76-62-64(60-69)78-67(71)58-55-52-49-46-43-40-36-27-24-21-18-15-12-9-6-3/h16,19,25,27-28,36,64-65,69H,4-15,17-18,20-24,26,29-35,37-63H2,1-3H3,(H,73,74)/b19-16-,28-25-,36-27-. The molecule has 0 rings (SSSR count). The second kappa shape index (κ2) is 62.7. The Morgan fingerprint density at radius 1 is 0.350 bits per heavy atom. The van der Waals surface area contributed by atoms with Gasteiger partial charge >= 0.3 is 25.7 Å². The first-order chi connectivity index (χ1) is 39.2. The molecule has 0 radical (unpaired) electrons. The predicted molar refractivity (Wildman–Crippen MR) is 335 cm³/mol. The fraction of sp³-hybridized carbons (Fsp3) is 0.868. The molecule has 3 atom stereocenters. The Morgan fingerprint density at radius 3 is 0.963 bits per heavy atom. The van der Waals surface area contributed by atoms with Gasteiger partial charge < -0.3 is 24.2 Å². The molecule has 0 aliphatic carbocycles. The summed E-state index contributed by atoms with van der Waals surface area (Å²) in [7, 11) is -4.75. The Hall–Kier alpha value is -2.30. The van der Waals surface area contributed by atoms with Crippen LogP contribution in [0.15, 0.2) is 36.5 Å². The maximum atomic E-state index is 13.0. The van der Waals surface area contributed by atoms with E-state index in [-0.39, 0.29) is 25.9 Å². The van der Waals surface area contributed by atoms with E-state index < -0.39 is 57.8 Å². The highest BCUT2D eigenvalue weighted by atomic mass is 31.2. The number of carbonyl (C=O) groups is 3. The van der Waals surface area contributed by atoms with E-state index in [2.05, 4.69) is 57.2 Å². The molecule has 80 heavy (non-hydrogen) atoms. The second-order valence-electron chi connectivity index (χ2n) is 23.0. The van der Waals surface area contributed by atoms with Crippen LogP contribution < -0.4 is 0 Å². The number of hydrogen-bond acceptors (Lipinski definition) is 10. The third kappa shape index (κ3) is 60.3. The van der Waals surface area contributed by atoms with Gasteiger partial charge in [0.2, 0.25) is 0 Å². The molecule has 2 N–H and O–H groups in total. The summed E-state index contributed by atoms with van der Waals surface area (Å²) < 4.78 is 39.8. The van der Waals surface area contributed by atoms with Crippen molar-refractivity contribution in [3.8, 4) is 0 Å². The minimum absolute atomic E-state index is 0.171. The Balaban J connectivity index is 4.66. The number of unbranched alkanes of at least 4 members (excludes halogenated alkanes) is 41. The Morgan fingerprint density at radius 2 is 0.613 bits per heavy atom. The van der Waals surface area contributed by atoms with Crippen molar-refractivity contribution in [1.29, 1.82) is 0 Å². The highest BCUT2D eigenvalue weighted by Crippen LogP contribution is 2.43. The first kappa shape index (κ1) is 77.7. The van der Waals surface area contributed by atoms with Gasteiger partial charge in [0.25, 0.3) is 0 Å². The molecule has 0 aliphatic heterocycles. The third-order valence-corrected chi connectivity index (χ3v) is 16.0. The van der Waals surface area contributed by atoms with Crippen molar-refractivity contribution in [1.82, 2.24) is 0 Å². The lowest BCUT2D eigenvalue weighted by Crippen LogP contribution is -2.30. The zero-order valence-corrected chi connectivity index (χ0v) is 53.2. The van der Waals surface area contributed by atoms with Gasteiger partial charge in [-0.15, -0.1) is 0 Å². The quantitative estimate of drug-likeness (QED) is 0.0197. The number of esters is 3. The molecule has 0 saturated heterocycles. The van der Waals surface area contributed by atoms with E-state index in [9.17, 15) is 28.9 Å². The van der Waals surface area contributed by atoms with Gasteiger partial charge in [-0.3, -0.25) is 23.4 Å². The van der Waals surface area contributed by atoms with E-state index in [1.807, 2.05) is 0 Å². The number of carbonyl (C=O) groups excluding carboxylic acids is 3. The van der Waals surface area contributed by atoms with Crippen molar-refractivity contribution in [2.45, 2.75) is 354 Å². The molecule has 0 aromatic carbocycles. The minimum atomic E-state index is -4.75. The summed E-state index contributed by atoms with van der Waals surface area (Å²) in [6.45, 7) is 4.69. The first-order valence-electron chi connectivity index (χ1n) is 33.9. The molecule has 0 heterocycles. The summed E-state index contributed by atoms with van der Waals surface area (Å²) >= 11 is 0. The fourth-order valence-electron chi connectivity index (χ4n) is 9.86. The average molecular weight is 1150 g/mol. The molecule has 0 bridgehead atoms. The molecule has 0 saturated carbocycles. The van der Waals surface area contributed by atoms with Crippen LogP contribution in [0.1, 0.15) is 342 Å². The summed E-state index contributed by atoms with van der Waals surface area (Å²) in [5.41, 5.74) is 0. The van der Waals surface area contributed by atoms with Crippen LogP contribution in [0.3, 0.4) is 0 Å². The molecule has 0 amide bonds. The average Bonchev–Trinajstić information content (AvgIpc) is 3.45. The SMILES string of the molecule is CCCCC/C=C\C/C=C\CCCCCCCCCCCC(=O)OCC(COP(=O)(O)OCC(CO)OC(=O)CCCCCCC/C=C\CCCCCCCC)OC(=O)CCCCCCCCCCCCCCCCCCCCC. The Bertz CT molecular complexity index is 1480. The first-order valence-corrected chi connectivity index (χ1v) is 35.4. The molecule has 11 nitrogen and oxygen atoms in total. The van der Waals surface area contributed by atoms with Gasteiger partial charge in [-0.25, -0.2) is 4.57 Å². The number of hydrogen-bond donors (Lipinski definition) is 2. The topological polar surface area (TPSA) is 155 Å². The Kier molecular flexibility index (Phi) is 60.9. The highest BCUT2D eigenvalue weighted by molar-refractivity contribution is 7.47. The van der Waals surface area contributed by atoms with E-state index in [0.717, 1.165) is 89.9 Å². The lowest BCUT2D eigenvalue weighted by atomic mass is 10.0. The normalized spacial score (nSPS) is 13.4. The monoisotopic (exact) mass is 1150 g/mol. The van der Waals surface area contributed by atoms with Crippen LogP contribution in [-0.4, -0.2) is 66.5 Å². The van der Waals surface area contributed by atoms with Gasteiger partial charge in [0.15, 0.2) is 6.10 Å². The minimum Gasteiger partial charge on any atom is -0.462 e. The van der Waals surface area contributed by atoms with Crippen molar-refractivity contribution < 1.29 is 52.2 Å². The highest BCUT2D eigenvalue weighted by Gasteiger charge is 2.28. The van der Waals surface area contributed by atoms with Crippen LogP contribution in [0.25, 0.3) is 0 Å². The molecule has 0 aromatic rings. The van der Waals surface area contributed by atoms with Crippen molar-refractivity contribution in [3.05, 3.63) is 36.5 Å². The molecule has 12 heteroatoms. The number of aliphatic hydroxyl groups is 1. The van der Waals surface area contributed by atoms with Crippen LogP contribution in [-0.2, 0) is 42.2 Å². The van der Waals surface area contributed by atoms with Gasteiger partial charge in [0, 0.05) is 19.3 Å². The molecule has 0 spiro atoms. The van der Waals surface area contributed by atoms with E-state index in [0.29, 0.717) is 19.3 Å². The van der Waals surface area contributed by atoms with Crippen molar-refractivity contribution in [2.75, 3.05) is 26.4 Å². The predicted octanol–water partition coefficient (Wildman–Crippen LogP) is 20.7. The van der Waals surface area contributed by atoms with Crippen molar-refractivity contribution in [3.63, 3.8) is 0 Å². The summed E-state index contributed by atoms with van der Waals surface area (Å²) in [4.78, 5) is 48.8. The third-order valence-electron chi connectivity index (χ3n) is 15.0. The lowest BCUT2D eigenvalue weighted by Gasteiger charge is -2.21. The van der Waals surface area contributed by atoms with Gasteiger partial charge in [-0.1, -0.05) is 282 Å². The van der Waals surface area contributed by atoms with Gasteiger partial charge in [-0.2, -0.15) is 0 Å². The van der Waals surface area contributed by atoms with Crippen LogP contribution in [0.2, 0.25) is 0 Å². The van der Waals surface area contributed by atoms with Crippen LogP contribution in [0.5, 0.6) is 0 Å². The van der Waals surface area contributed by atoms with Gasteiger partial charge in [0.05, 0.1) is 19.8 Å². The summed E-state index contributed by atoms with van der Waals surface area (Å²) in [5, 5.41) is 9.86. The number of ether oxygens (including phenoxy) is 3. The van der Waals surface area contributed by atoms with Crippen molar-refractivity contribution >= 4 is 25.7 Å². The molecular weight excluding hydrogens is 1020 g/mol. The van der Waals surface area contributed by atoms with Crippen LogP contribution in [0.4, 0.5) is 0 Å². The molecule has 3 unspecified atom stereocenters. The fourth-order valence-corrected chi connectivity index (χ4v) is 10.6. The molecule has 0 aliphatic rings. The number of phosphoric ester groups is 1. The number of allylic oxidation sites excluding steroid dienone is 6. The number of aliphatic hydroxyl groups excluding tert-OH is 1. The maximum Gasteiger partial charge on any atom is 0.472 e. The van der Waals surface area contributed by atoms with Gasteiger partial charge in [0.1, 0.15) is 12.7 Å². The second-order valence-corrected chi connectivity index (χ2v) is 24.4. The molecule has 470 valence electrons. The van der Waals surface area contributed by atoms with E-state index in [1.54, 1.807) is 0 Å². The Labute approximate surface area is 492 Å². The molecule has 0 fully saturated rings. The lowest BCUT2D eigenvalue weighted by molar-refractivity contribution is -0.161. The van der Waals surface area contributed by atoms with Crippen LogP contribution >= 0.6 is 7.82 Å². The smallest absolute Gasteiger partial charge is 0.462 e. The van der Waals surface area contributed by atoms with Crippen LogP contribution in [0, 0.1) is 0 Å². The summed E-state index contributed by atoms with van der Waals surface area (Å²) in [6, 6.07) is 0. The summed E-state index contributed by atoms with van der Waals surface area (Å²) in [5.74, 6) is -1.45. The van der Waals surface area contributed by atoms with E-state index in [1.165, 1.54) is 193 Å².